The average molecular weight is 338 g/mol. The first-order chi connectivity index (χ1) is 12.2. The standard InChI is InChI=1S/C19H18N2O4/c1-3-23-16-6-7-17-14(10-16)11-18(25-17)19(22)21-20-12-13(2)9-15-5-4-8-24-15/h4-12H,3H2,1-2H3,(H,21,22)/b13-9+,20-12+. The first kappa shape index (κ1) is 16.6. The van der Waals surface area contributed by atoms with Crippen molar-refractivity contribution in [1.82, 2.24) is 5.43 Å². The summed E-state index contributed by atoms with van der Waals surface area (Å²) in [6.45, 7) is 4.35. The number of nitrogens with one attached hydrogen (secondary N) is 1. The van der Waals surface area contributed by atoms with E-state index >= 15 is 0 Å². The van der Waals surface area contributed by atoms with Crippen molar-refractivity contribution in [2.45, 2.75) is 13.8 Å². The Balaban J connectivity index is 1.66. The number of nitrogens with zero attached hydrogens (tertiary/aromatic N) is 1. The highest BCUT2D eigenvalue weighted by Crippen LogP contribution is 2.24. The molecule has 0 saturated carbocycles. The second-order valence-corrected chi connectivity index (χ2v) is 5.35. The molecule has 0 atom stereocenters. The van der Waals surface area contributed by atoms with Crippen molar-refractivity contribution < 1.29 is 18.4 Å². The predicted octanol–water partition coefficient (Wildman–Crippen LogP) is 4.24. The zero-order chi connectivity index (χ0) is 17.6. The fraction of sp³-hybridized carbons (Fsp3) is 0.158. The van der Waals surface area contributed by atoms with Gasteiger partial charge in [0.1, 0.15) is 17.1 Å². The molecule has 3 aromatic rings. The van der Waals surface area contributed by atoms with Crippen LogP contribution in [-0.2, 0) is 0 Å². The van der Waals surface area contributed by atoms with Gasteiger partial charge in [-0.3, -0.25) is 4.79 Å². The lowest BCUT2D eigenvalue weighted by molar-refractivity contribution is 0.0929. The van der Waals surface area contributed by atoms with E-state index in [0.29, 0.717) is 12.2 Å². The Labute approximate surface area is 144 Å². The molecular formula is C19H18N2O4. The summed E-state index contributed by atoms with van der Waals surface area (Å²) in [5, 5.41) is 4.73. The SMILES string of the molecule is CCOc1ccc2oc(C(=O)N/N=C/C(C)=C/c3ccco3)cc2c1. The second kappa shape index (κ2) is 7.53. The molecular weight excluding hydrogens is 320 g/mol. The maximum absolute atomic E-state index is 12.1. The molecule has 0 fully saturated rings. The van der Waals surface area contributed by atoms with Gasteiger partial charge in [-0.15, -0.1) is 0 Å². The van der Waals surface area contributed by atoms with Gasteiger partial charge in [0.05, 0.1) is 19.1 Å². The third-order valence-electron chi connectivity index (χ3n) is 3.37. The molecule has 0 aliphatic heterocycles. The van der Waals surface area contributed by atoms with Crippen molar-refractivity contribution in [2.75, 3.05) is 6.61 Å². The van der Waals surface area contributed by atoms with Crippen LogP contribution in [0.25, 0.3) is 17.0 Å². The summed E-state index contributed by atoms with van der Waals surface area (Å²) in [7, 11) is 0. The van der Waals surface area contributed by atoms with Crippen molar-refractivity contribution in [3.8, 4) is 5.75 Å². The third kappa shape index (κ3) is 4.17. The Morgan fingerprint density at radius 1 is 1.32 bits per heavy atom. The van der Waals surface area contributed by atoms with E-state index in [9.17, 15) is 4.79 Å². The van der Waals surface area contributed by atoms with Crippen LogP contribution in [0.5, 0.6) is 5.75 Å². The number of carbonyl (C=O) groups is 1. The molecule has 1 amide bonds. The maximum atomic E-state index is 12.1. The molecule has 0 spiro atoms. The number of furan rings is 2. The Bertz CT molecular complexity index is 920. The summed E-state index contributed by atoms with van der Waals surface area (Å²) < 4.78 is 16.2. The van der Waals surface area contributed by atoms with Crippen LogP contribution in [0.4, 0.5) is 0 Å². The van der Waals surface area contributed by atoms with Gasteiger partial charge >= 0.3 is 5.91 Å². The molecule has 2 aromatic heterocycles. The van der Waals surface area contributed by atoms with E-state index in [2.05, 4.69) is 10.5 Å². The van der Waals surface area contributed by atoms with E-state index in [1.54, 1.807) is 30.5 Å². The minimum absolute atomic E-state index is 0.188. The molecule has 2 heterocycles. The Morgan fingerprint density at radius 2 is 2.20 bits per heavy atom. The normalized spacial score (nSPS) is 12.0. The summed E-state index contributed by atoms with van der Waals surface area (Å²) in [4.78, 5) is 12.1. The van der Waals surface area contributed by atoms with Gasteiger partial charge in [-0.25, -0.2) is 5.43 Å². The lowest BCUT2D eigenvalue weighted by Crippen LogP contribution is -2.16. The van der Waals surface area contributed by atoms with Gasteiger partial charge in [-0.2, -0.15) is 5.10 Å². The van der Waals surface area contributed by atoms with Crippen molar-refractivity contribution in [3.05, 3.63) is 59.8 Å². The Morgan fingerprint density at radius 3 is 2.96 bits per heavy atom. The van der Waals surface area contributed by atoms with Crippen molar-refractivity contribution >= 4 is 29.2 Å². The molecule has 6 heteroatoms. The largest absolute Gasteiger partial charge is 0.494 e. The Kier molecular flexibility index (Phi) is 4.99. The van der Waals surface area contributed by atoms with Crippen molar-refractivity contribution in [2.24, 2.45) is 5.10 Å². The van der Waals surface area contributed by atoms with Gasteiger partial charge < -0.3 is 13.6 Å². The van der Waals surface area contributed by atoms with Crippen LogP contribution in [0.2, 0.25) is 0 Å². The third-order valence-corrected chi connectivity index (χ3v) is 3.37. The predicted molar refractivity (Wildman–Crippen MR) is 95.7 cm³/mol. The van der Waals surface area contributed by atoms with Crippen LogP contribution in [0.1, 0.15) is 30.2 Å². The van der Waals surface area contributed by atoms with Gasteiger partial charge in [0.2, 0.25) is 0 Å². The molecule has 0 saturated heterocycles. The minimum atomic E-state index is -0.420. The number of carbonyl (C=O) groups excluding carboxylic acids is 1. The molecule has 0 unspecified atom stereocenters. The number of hydrogen-bond donors (Lipinski definition) is 1. The van der Waals surface area contributed by atoms with E-state index in [-0.39, 0.29) is 5.76 Å². The van der Waals surface area contributed by atoms with Gasteiger partial charge in [0, 0.05) is 5.39 Å². The molecule has 128 valence electrons. The number of allylic oxidation sites excluding steroid dienone is 1. The molecule has 3 rings (SSSR count). The van der Waals surface area contributed by atoms with Gasteiger partial charge in [-0.1, -0.05) is 0 Å². The summed E-state index contributed by atoms with van der Waals surface area (Å²) in [5.74, 6) is 1.22. The quantitative estimate of drug-likeness (QED) is 0.538. The van der Waals surface area contributed by atoms with E-state index in [4.69, 9.17) is 13.6 Å². The zero-order valence-corrected chi connectivity index (χ0v) is 14.0. The summed E-state index contributed by atoms with van der Waals surface area (Å²) >= 11 is 0. The molecule has 1 aromatic carbocycles. The van der Waals surface area contributed by atoms with Gasteiger partial charge in [0.25, 0.3) is 0 Å². The molecule has 0 radical (unpaired) electrons. The molecule has 1 N–H and O–H groups in total. The van der Waals surface area contributed by atoms with E-state index in [1.165, 1.54) is 6.21 Å². The van der Waals surface area contributed by atoms with E-state index < -0.39 is 5.91 Å². The van der Waals surface area contributed by atoms with Gasteiger partial charge in [0.15, 0.2) is 5.76 Å². The highest BCUT2D eigenvalue weighted by Gasteiger charge is 2.12. The number of benzene rings is 1. The second-order valence-electron chi connectivity index (χ2n) is 5.35. The topological polar surface area (TPSA) is 77.0 Å². The number of rotatable bonds is 6. The molecule has 0 aliphatic carbocycles. The van der Waals surface area contributed by atoms with Crippen molar-refractivity contribution in [1.29, 1.82) is 0 Å². The average Bonchev–Trinajstić information content (AvgIpc) is 3.24. The number of amides is 1. The van der Waals surface area contributed by atoms with E-state index in [1.807, 2.05) is 32.1 Å². The lowest BCUT2D eigenvalue weighted by Gasteiger charge is -2.00. The van der Waals surface area contributed by atoms with Crippen LogP contribution in [0.15, 0.2) is 62.2 Å². The van der Waals surface area contributed by atoms with Crippen LogP contribution >= 0.6 is 0 Å². The molecule has 0 bridgehead atoms. The first-order valence-corrected chi connectivity index (χ1v) is 7.87. The van der Waals surface area contributed by atoms with Crippen LogP contribution in [-0.4, -0.2) is 18.7 Å². The summed E-state index contributed by atoms with van der Waals surface area (Å²) in [5.41, 5.74) is 3.90. The summed E-state index contributed by atoms with van der Waals surface area (Å²) in [6.07, 6.45) is 4.94. The van der Waals surface area contributed by atoms with E-state index in [0.717, 1.165) is 22.5 Å². The number of hydrogen-bond acceptors (Lipinski definition) is 5. The first-order valence-electron chi connectivity index (χ1n) is 7.87. The Hall–Kier alpha value is -3.28. The summed E-state index contributed by atoms with van der Waals surface area (Å²) in [6, 6.07) is 10.7. The minimum Gasteiger partial charge on any atom is -0.494 e. The van der Waals surface area contributed by atoms with Crippen molar-refractivity contribution in [3.63, 3.8) is 0 Å². The maximum Gasteiger partial charge on any atom is 0.307 e. The number of fused-ring (bicyclic) bond motifs is 1. The molecule has 0 aliphatic rings. The number of ether oxygens (including phenoxy) is 1. The fourth-order valence-electron chi connectivity index (χ4n) is 2.27. The number of hydrazone groups is 1. The van der Waals surface area contributed by atoms with Crippen LogP contribution in [0, 0.1) is 0 Å². The highest BCUT2D eigenvalue weighted by molar-refractivity contribution is 5.97. The zero-order valence-electron chi connectivity index (χ0n) is 14.0. The lowest BCUT2D eigenvalue weighted by atomic mass is 10.2. The smallest absolute Gasteiger partial charge is 0.307 e. The monoisotopic (exact) mass is 338 g/mol. The van der Waals surface area contributed by atoms with Gasteiger partial charge in [-0.05, 0) is 61.9 Å². The fourth-order valence-corrected chi connectivity index (χ4v) is 2.27. The molecule has 6 nitrogen and oxygen atoms in total. The van der Waals surface area contributed by atoms with Crippen LogP contribution < -0.4 is 10.2 Å². The van der Waals surface area contributed by atoms with Crippen LogP contribution in [0.3, 0.4) is 0 Å². The molecule has 25 heavy (non-hydrogen) atoms. The highest BCUT2D eigenvalue weighted by atomic mass is 16.5.